The first-order chi connectivity index (χ1) is 11.2. The molecule has 0 saturated heterocycles. The molecular formula is C15H14N6OS. The van der Waals surface area contributed by atoms with Crippen molar-refractivity contribution in [3.8, 4) is 6.07 Å². The summed E-state index contributed by atoms with van der Waals surface area (Å²) in [5.41, 5.74) is 2.37. The van der Waals surface area contributed by atoms with E-state index in [1.807, 2.05) is 0 Å². The molecule has 0 saturated carbocycles. The van der Waals surface area contributed by atoms with Crippen molar-refractivity contribution in [2.24, 2.45) is 0 Å². The van der Waals surface area contributed by atoms with E-state index < -0.39 is 0 Å². The summed E-state index contributed by atoms with van der Waals surface area (Å²) in [6.07, 6.45) is 4.52. The summed E-state index contributed by atoms with van der Waals surface area (Å²) in [5, 5.41) is 19.3. The van der Waals surface area contributed by atoms with E-state index in [0.29, 0.717) is 22.9 Å². The second-order valence-corrected chi connectivity index (χ2v) is 6.70. The SMILES string of the molecule is CC1Nc2ncnc(Nc3sc4c(c3C#N)CCC4)c2NC1=O. The number of carbonyl (C=O) groups is 1. The fourth-order valence-electron chi connectivity index (χ4n) is 2.93. The molecule has 2 aromatic heterocycles. The molecular weight excluding hydrogens is 312 g/mol. The molecule has 1 aliphatic carbocycles. The number of nitrogens with zero attached hydrogens (tertiary/aromatic N) is 3. The largest absolute Gasteiger partial charge is 0.357 e. The Hall–Kier alpha value is -2.66. The molecule has 116 valence electrons. The van der Waals surface area contributed by atoms with Crippen molar-refractivity contribution in [3.63, 3.8) is 0 Å². The number of aryl methyl sites for hydroxylation is 1. The third kappa shape index (κ3) is 2.21. The van der Waals surface area contributed by atoms with Gasteiger partial charge in [-0.1, -0.05) is 0 Å². The van der Waals surface area contributed by atoms with Gasteiger partial charge >= 0.3 is 0 Å². The Morgan fingerprint density at radius 1 is 1.43 bits per heavy atom. The number of nitriles is 1. The molecule has 0 aromatic carbocycles. The lowest BCUT2D eigenvalue weighted by Crippen LogP contribution is -2.37. The summed E-state index contributed by atoms with van der Waals surface area (Å²) in [4.78, 5) is 21.5. The number of hydrogen-bond donors (Lipinski definition) is 3. The minimum atomic E-state index is -0.342. The van der Waals surface area contributed by atoms with Crippen molar-refractivity contribution in [1.29, 1.82) is 5.26 Å². The average molecular weight is 326 g/mol. The van der Waals surface area contributed by atoms with E-state index >= 15 is 0 Å². The van der Waals surface area contributed by atoms with Crippen molar-refractivity contribution in [3.05, 3.63) is 22.3 Å². The van der Waals surface area contributed by atoms with Gasteiger partial charge in [0, 0.05) is 4.88 Å². The maximum absolute atomic E-state index is 11.9. The molecule has 8 heteroatoms. The topological polar surface area (TPSA) is 103 Å². The molecule has 0 fully saturated rings. The molecule has 0 radical (unpaired) electrons. The Bertz CT molecular complexity index is 852. The maximum atomic E-state index is 11.9. The van der Waals surface area contributed by atoms with Gasteiger partial charge in [0.05, 0.1) is 5.56 Å². The van der Waals surface area contributed by atoms with E-state index in [1.54, 1.807) is 18.3 Å². The van der Waals surface area contributed by atoms with Crippen LogP contribution in [0.15, 0.2) is 6.33 Å². The first kappa shape index (κ1) is 14.0. The van der Waals surface area contributed by atoms with Gasteiger partial charge < -0.3 is 16.0 Å². The highest BCUT2D eigenvalue weighted by atomic mass is 32.1. The number of amides is 1. The maximum Gasteiger partial charge on any atom is 0.246 e. The van der Waals surface area contributed by atoms with E-state index in [1.165, 1.54) is 11.2 Å². The molecule has 0 bridgehead atoms. The summed E-state index contributed by atoms with van der Waals surface area (Å²) in [7, 11) is 0. The fraction of sp³-hybridized carbons (Fsp3) is 0.333. The second-order valence-electron chi connectivity index (χ2n) is 5.60. The molecule has 3 heterocycles. The number of thiophene rings is 1. The van der Waals surface area contributed by atoms with Crippen LogP contribution in [0, 0.1) is 11.3 Å². The monoisotopic (exact) mass is 326 g/mol. The Kier molecular flexibility index (Phi) is 3.16. The summed E-state index contributed by atoms with van der Waals surface area (Å²) in [5.74, 6) is 0.945. The molecule has 1 unspecified atom stereocenters. The summed E-state index contributed by atoms with van der Waals surface area (Å²) in [6.45, 7) is 1.77. The number of carbonyl (C=O) groups excluding carboxylic acids is 1. The van der Waals surface area contributed by atoms with Gasteiger partial charge in [0.15, 0.2) is 11.6 Å². The lowest BCUT2D eigenvalue weighted by molar-refractivity contribution is -0.116. The van der Waals surface area contributed by atoms with Gasteiger partial charge in [-0.25, -0.2) is 9.97 Å². The number of aromatic nitrogens is 2. The van der Waals surface area contributed by atoms with Crippen molar-refractivity contribution in [2.75, 3.05) is 16.0 Å². The number of nitrogens with one attached hydrogen (secondary N) is 3. The second kappa shape index (κ2) is 5.21. The molecule has 23 heavy (non-hydrogen) atoms. The van der Waals surface area contributed by atoms with Crippen LogP contribution >= 0.6 is 11.3 Å². The third-order valence-corrected chi connectivity index (χ3v) is 5.31. The molecule has 4 rings (SSSR count). The van der Waals surface area contributed by atoms with Gasteiger partial charge in [0.25, 0.3) is 0 Å². The zero-order valence-electron chi connectivity index (χ0n) is 12.4. The highest BCUT2D eigenvalue weighted by molar-refractivity contribution is 7.16. The van der Waals surface area contributed by atoms with Gasteiger partial charge in [-0.2, -0.15) is 5.26 Å². The van der Waals surface area contributed by atoms with Crippen LogP contribution in [0.1, 0.15) is 29.3 Å². The minimum Gasteiger partial charge on any atom is -0.357 e. The third-order valence-electron chi connectivity index (χ3n) is 4.11. The van der Waals surface area contributed by atoms with Crippen LogP contribution in [0.25, 0.3) is 0 Å². The normalized spacial score (nSPS) is 18.4. The molecule has 3 N–H and O–H groups in total. The minimum absolute atomic E-state index is 0.135. The number of fused-ring (bicyclic) bond motifs is 2. The van der Waals surface area contributed by atoms with Crippen LogP contribution in [0.3, 0.4) is 0 Å². The molecule has 1 amide bonds. The Labute approximate surface area is 136 Å². The van der Waals surface area contributed by atoms with Gasteiger partial charge in [0.2, 0.25) is 5.91 Å². The molecule has 2 aromatic rings. The lowest BCUT2D eigenvalue weighted by Gasteiger charge is -2.24. The summed E-state index contributed by atoms with van der Waals surface area (Å²) in [6, 6.07) is 1.95. The highest BCUT2D eigenvalue weighted by Crippen LogP contribution is 2.41. The highest BCUT2D eigenvalue weighted by Gasteiger charge is 2.27. The molecule has 7 nitrogen and oxygen atoms in total. The smallest absolute Gasteiger partial charge is 0.246 e. The molecule has 1 atom stereocenters. The van der Waals surface area contributed by atoms with Crippen molar-refractivity contribution >= 4 is 39.6 Å². The molecule has 0 spiro atoms. The van der Waals surface area contributed by atoms with Crippen LogP contribution in [0.2, 0.25) is 0 Å². The van der Waals surface area contributed by atoms with Crippen molar-refractivity contribution < 1.29 is 4.79 Å². The zero-order valence-corrected chi connectivity index (χ0v) is 13.3. The standard InChI is InChI=1S/C15H14N6OS/c1-7-14(22)20-11-12(19-7)17-6-18-13(11)21-15-9(5-16)8-3-2-4-10(8)23-15/h6-7H,2-4H2,1H3,(H,20,22)(H2,17,18,19,21). The number of hydrogen-bond acceptors (Lipinski definition) is 7. The number of rotatable bonds is 2. The quantitative estimate of drug-likeness (QED) is 0.783. The number of anilines is 4. The van der Waals surface area contributed by atoms with E-state index in [4.69, 9.17) is 0 Å². The predicted octanol–water partition coefficient (Wildman–Crippen LogP) is 2.39. The van der Waals surface area contributed by atoms with Gasteiger partial charge in [0.1, 0.15) is 29.1 Å². The lowest BCUT2D eigenvalue weighted by atomic mass is 10.1. The fourth-order valence-corrected chi connectivity index (χ4v) is 4.17. The zero-order chi connectivity index (χ0) is 16.0. The molecule has 1 aliphatic heterocycles. The van der Waals surface area contributed by atoms with E-state index in [0.717, 1.165) is 29.8 Å². The first-order valence-electron chi connectivity index (χ1n) is 7.41. The Morgan fingerprint density at radius 3 is 3.13 bits per heavy atom. The van der Waals surface area contributed by atoms with Crippen LogP contribution in [-0.4, -0.2) is 21.9 Å². The van der Waals surface area contributed by atoms with Crippen LogP contribution < -0.4 is 16.0 Å². The first-order valence-corrected chi connectivity index (χ1v) is 8.23. The average Bonchev–Trinajstić information content (AvgIpc) is 3.09. The van der Waals surface area contributed by atoms with Crippen LogP contribution in [0.5, 0.6) is 0 Å². The van der Waals surface area contributed by atoms with Gasteiger partial charge in [-0.15, -0.1) is 11.3 Å². The van der Waals surface area contributed by atoms with E-state index in [9.17, 15) is 10.1 Å². The van der Waals surface area contributed by atoms with Crippen molar-refractivity contribution in [1.82, 2.24) is 9.97 Å². The molecule has 2 aliphatic rings. The van der Waals surface area contributed by atoms with E-state index in [2.05, 4.69) is 32.0 Å². The van der Waals surface area contributed by atoms with Crippen molar-refractivity contribution in [2.45, 2.75) is 32.2 Å². The summed E-state index contributed by atoms with van der Waals surface area (Å²) < 4.78 is 0. The predicted molar refractivity (Wildman–Crippen MR) is 88.1 cm³/mol. The van der Waals surface area contributed by atoms with Crippen LogP contribution in [-0.2, 0) is 17.6 Å². The van der Waals surface area contributed by atoms with Gasteiger partial charge in [-0.3, -0.25) is 4.79 Å². The van der Waals surface area contributed by atoms with Crippen LogP contribution in [0.4, 0.5) is 22.3 Å². The Morgan fingerprint density at radius 2 is 2.30 bits per heavy atom. The van der Waals surface area contributed by atoms with E-state index in [-0.39, 0.29) is 11.9 Å². The Balaban J connectivity index is 1.73. The van der Waals surface area contributed by atoms with Gasteiger partial charge in [-0.05, 0) is 31.7 Å². The summed E-state index contributed by atoms with van der Waals surface area (Å²) >= 11 is 1.59.